The predicted molar refractivity (Wildman–Crippen MR) is 305 cm³/mol. The molecular weight excluding hydrogens is 1120 g/mol. The van der Waals surface area contributed by atoms with Gasteiger partial charge in [0, 0.05) is 12.8 Å². The molecule has 0 bridgehead atoms. The number of ether oxygens (including phenoxy) is 12. The molecule has 0 saturated carbocycles. The van der Waals surface area contributed by atoms with Crippen LogP contribution in [0.5, 0.6) is 0 Å². The van der Waals surface area contributed by atoms with Gasteiger partial charge >= 0.3 is 18.2 Å². The van der Waals surface area contributed by atoms with Crippen LogP contribution in [0.25, 0.3) is 11.1 Å². The zero-order chi connectivity index (χ0) is 57.3. The first kappa shape index (κ1) is 60.2. The Balaban J connectivity index is 1.09. The van der Waals surface area contributed by atoms with E-state index in [9.17, 15) is 14.4 Å². The average molecular weight is 1180 g/mol. The van der Waals surface area contributed by atoms with E-state index in [1.54, 1.807) is 0 Å². The molecule has 6 aromatic rings. The van der Waals surface area contributed by atoms with Gasteiger partial charge in [-0.3, -0.25) is 4.79 Å². The summed E-state index contributed by atoms with van der Waals surface area (Å²) in [6.45, 7) is 4.28. The van der Waals surface area contributed by atoms with E-state index < -0.39 is 90.0 Å². The number of amides is 1. The van der Waals surface area contributed by atoms with E-state index in [1.807, 2.05) is 170 Å². The molecule has 0 spiro atoms. The van der Waals surface area contributed by atoms with Crippen LogP contribution >= 0.6 is 34.8 Å². The molecule has 432 valence electrons. The van der Waals surface area contributed by atoms with Crippen LogP contribution in [0.4, 0.5) is 9.59 Å². The maximum Gasteiger partial charge on any atom is 0.508 e. The highest BCUT2D eigenvalue weighted by Crippen LogP contribution is 2.45. The third-order valence-corrected chi connectivity index (χ3v) is 14.1. The first-order valence-electron chi connectivity index (χ1n) is 26.8. The van der Waals surface area contributed by atoms with Crippen molar-refractivity contribution in [1.29, 1.82) is 0 Å². The lowest BCUT2D eigenvalue weighted by Gasteiger charge is -2.49. The van der Waals surface area contributed by atoms with Gasteiger partial charge in [-0.05, 0) is 44.5 Å². The third-order valence-electron chi connectivity index (χ3n) is 13.8. The zero-order valence-electron chi connectivity index (χ0n) is 44.9. The fraction of sp³-hybridized carbons (Fsp3) is 0.349. The molecule has 0 unspecified atom stereocenters. The Kier molecular flexibility index (Phi) is 21.8. The quantitative estimate of drug-likeness (QED) is 0.0248. The molecule has 2 fully saturated rings. The second-order valence-corrected chi connectivity index (χ2v) is 22.2. The van der Waals surface area contributed by atoms with Crippen LogP contribution in [0.1, 0.15) is 46.2 Å². The van der Waals surface area contributed by atoms with Gasteiger partial charge in [-0.25, -0.2) is 9.59 Å². The van der Waals surface area contributed by atoms with Gasteiger partial charge < -0.3 is 62.2 Å². The highest BCUT2D eigenvalue weighted by atomic mass is 35.6. The Bertz CT molecular complexity index is 2930. The molecule has 1 aliphatic carbocycles. The van der Waals surface area contributed by atoms with Crippen molar-refractivity contribution < 1.29 is 71.2 Å². The number of carbonyl (C=O) groups excluding carboxylic acids is 3. The van der Waals surface area contributed by atoms with Crippen molar-refractivity contribution in [3.63, 3.8) is 0 Å². The second-order valence-electron chi connectivity index (χ2n) is 19.6. The van der Waals surface area contributed by atoms with Crippen LogP contribution < -0.4 is 5.32 Å². The smallest absolute Gasteiger partial charge is 0.457 e. The topological polar surface area (TPSA) is 174 Å². The number of alkyl halides is 3. The number of halogens is 3. The number of benzene rings is 6. The van der Waals surface area contributed by atoms with Crippen molar-refractivity contribution in [2.75, 3.05) is 33.0 Å². The molecular formula is C63H64Cl3NO15. The van der Waals surface area contributed by atoms with Crippen molar-refractivity contribution in [2.24, 2.45) is 0 Å². The SMILES string of the molecule is C=CCO[C@H]1O[C@H](COCc2ccccc2)[C@@H](OC(C)=O)[C@H](OCc2ccccc2)[C@@H]1O[C@@H]1O[C@H](COCc2ccccc2)[C@@H](OC(=O)OCC2c3ccccc3-c3ccccc32)[C@H](OCc2ccccc2)[C@H]1NC(=O)OCC(Cl)(Cl)Cl. The van der Waals surface area contributed by atoms with E-state index in [1.165, 1.54) is 13.0 Å². The summed E-state index contributed by atoms with van der Waals surface area (Å²) in [4.78, 5) is 41.9. The van der Waals surface area contributed by atoms with Crippen LogP contribution in [-0.2, 0) is 88.1 Å². The minimum Gasteiger partial charge on any atom is -0.457 e. The number of carbonyl (C=O) groups is 3. The molecule has 2 heterocycles. The molecule has 19 heteroatoms. The molecule has 10 atom stereocenters. The summed E-state index contributed by atoms with van der Waals surface area (Å²) in [6.07, 6.45) is -12.3. The third kappa shape index (κ3) is 16.7. The summed E-state index contributed by atoms with van der Waals surface area (Å²) < 4.78 is 75.4. The summed E-state index contributed by atoms with van der Waals surface area (Å²) in [5.74, 6) is -0.961. The van der Waals surface area contributed by atoms with Crippen LogP contribution in [0.15, 0.2) is 183 Å². The van der Waals surface area contributed by atoms with E-state index in [2.05, 4.69) is 11.9 Å². The predicted octanol–water partition coefficient (Wildman–Crippen LogP) is 11.4. The van der Waals surface area contributed by atoms with Crippen LogP contribution in [0.2, 0.25) is 0 Å². The fourth-order valence-corrected chi connectivity index (χ4v) is 10.3. The first-order chi connectivity index (χ1) is 39.9. The number of fused-ring (bicyclic) bond motifs is 3. The molecule has 2 saturated heterocycles. The molecule has 82 heavy (non-hydrogen) atoms. The lowest BCUT2D eigenvalue weighted by Crippen LogP contribution is -2.69. The standard InChI is InChI=1S/C63H64Cl3NO15/c1-3-32-73-60-58(57(75-36-45-26-14-7-15-27-45)55(78-41(2)68)52(80-60)39-72-34-43-22-10-5-11-23-43)81-59-53(67-61(69)77-40-63(64,65)66)56(74-35-44-24-12-6-13-25-44)54(51(79-59)38-71-33-42-20-8-4-9-21-42)82-62(70)76-37-50-48-30-18-16-28-46(48)47-29-17-19-31-49(47)50/h3-31,50-60H,1,32-40H2,2H3,(H,67,69)/t51-,52-,53-,54-,55-,56-,57+,58+,59+,60+/m1/s1. The Morgan fingerprint density at radius 3 is 1.50 bits per heavy atom. The lowest BCUT2D eigenvalue weighted by molar-refractivity contribution is -0.362. The minimum atomic E-state index is -2.01. The van der Waals surface area contributed by atoms with Gasteiger partial charge in [0.15, 0.2) is 24.8 Å². The summed E-state index contributed by atoms with van der Waals surface area (Å²) in [5, 5.41) is 2.82. The molecule has 1 amide bonds. The number of esters is 1. The molecule has 9 rings (SSSR count). The van der Waals surface area contributed by atoms with Crippen LogP contribution in [0, 0.1) is 0 Å². The van der Waals surface area contributed by atoms with Crippen molar-refractivity contribution in [3.8, 4) is 11.1 Å². The van der Waals surface area contributed by atoms with Crippen molar-refractivity contribution in [3.05, 3.63) is 216 Å². The van der Waals surface area contributed by atoms with Crippen LogP contribution in [0.3, 0.4) is 0 Å². The number of nitrogens with one attached hydrogen (secondary N) is 1. The maximum absolute atomic E-state index is 14.5. The summed E-state index contributed by atoms with van der Waals surface area (Å²) in [6, 6.07) is 52.0. The van der Waals surface area contributed by atoms with E-state index >= 15 is 0 Å². The van der Waals surface area contributed by atoms with Gasteiger partial charge in [-0.15, -0.1) is 6.58 Å². The van der Waals surface area contributed by atoms with Gasteiger partial charge in [0.05, 0.1) is 46.2 Å². The summed E-state index contributed by atoms with van der Waals surface area (Å²) in [7, 11) is 0. The molecule has 0 aromatic heterocycles. The molecule has 16 nitrogen and oxygen atoms in total. The molecule has 2 aliphatic heterocycles. The highest BCUT2D eigenvalue weighted by Gasteiger charge is 2.56. The van der Waals surface area contributed by atoms with Gasteiger partial charge in [0.25, 0.3) is 0 Å². The molecule has 1 N–H and O–H groups in total. The van der Waals surface area contributed by atoms with Crippen LogP contribution in [-0.4, -0.2) is 116 Å². The normalized spacial score (nSPS) is 23.2. The Labute approximate surface area is 491 Å². The zero-order valence-corrected chi connectivity index (χ0v) is 47.2. The summed E-state index contributed by atoms with van der Waals surface area (Å²) in [5.41, 5.74) is 7.28. The van der Waals surface area contributed by atoms with Gasteiger partial charge in [0.2, 0.25) is 3.79 Å². The van der Waals surface area contributed by atoms with Crippen molar-refractivity contribution >= 4 is 53.0 Å². The molecule has 6 aromatic carbocycles. The fourth-order valence-electron chi connectivity index (χ4n) is 10.1. The van der Waals surface area contributed by atoms with E-state index in [-0.39, 0.29) is 58.8 Å². The maximum atomic E-state index is 14.5. The van der Waals surface area contributed by atoms with E-state index in [4.69, 9.17) is 91.6 Å². The Hall–Kier alpha value is -6.38. The van der Waals surface area contributed by atoms with E-state index in [0.717, 1.165) is 44.5 Å². The number of hydrogen-bond acceptors (Lipinski definition) is 15. The van der Waals surface area contributed by atoms with Gasteiger partial charge in [0.1, 0.15) is 49.8 Å². The van der Waals surface area contributed by atoms with Gasteiger partial charge in [-0.1, -0.05) is 211 Å². The number of alkyl carbamates (subject to hydrolysis) is 1. The molecule has 3 aliphatic rings. The monoisotopic (exact) mass is 1180 g/mol. The minimum absolute atomic E-state index is 0.000272. The van der Waals surface area contributed by atoms with E-state index in [0.29, 0.717) is 0 Å². The average Bonchev–Trinajstić information content (AvgIpc) is 3.91. The number of hydrogen-bond donors (Lipinski definition) is 1. The highest BCUT2D eigenvalue weighted by molar-refractivity contribution is 6.67. The van der Waals surface area contributed by atoms with Gasteiger partial charge in [-0.2, -0.15) is 0 Å². The first-order valence-corrected chi connectivity index (χ1v) is 28.0. The van der Waals surface area contributed by atoms with Crippen molar-refractivity contribution in [1.82, 2.24) is 5.32 Å². The largest absolute Gasteiger partial charge is 0.508 e. The summed E-state index contributed by atoms with van der Waals surface area (Å²) >= 11 is 18.3. The molecule has 0 radical (unpaired) electrons. The Morgan fingerprint density at radius 2 is 1.00 bits per heavy atom. The van der Waals surface area contributed by atoms with Crippen molar-refractivity contribution in [2.45, 2.75) is 104 Å². The second kappa shape index (κ2) is 29.7. The number of rotatable bonds is 25. The Morgan fingerprint density at radius 1 is 0.537 bits per heavy atom. The lowest BCUT2D eigenvalue weighted by atomic mass is 9.95.